The summed E-state index contributed by atoms with van der Waals surface area (Å²) >= 11 is 13.1. The van der Waals surface area contributed by atoms with E-state index >= 15 is 0 Å². The van der Waals surface area contributed by atoms with Crippen molar-refractivity contribution in [2.75, 3.05) is 45.1 Å². The maximum absolute atomic E-state index is 5.88. The number of halogens is 1. The van der Waals surface area contributed by atoms with Crippen LogP contribution in [0.2, 0.25) is 5.02 Å². The fourth-order valence-electron chi connectivity index (χ4n) is 2.50. The third-order valence-electron chi connectivity index (χ3n) is 4.02. The molecule has 1 fully saturated rings. The zero-order valence-corrected chi connectivity index (χ0v) is 16.7. The second kappa shape index (κ2) is 9.82. The van der Waals surface area contributed by atoms with Gasteiger partial charge in [-0.05, 0) is 50.3 Å². The molecule has 1 aromatic rings. The molecule has 2 rings (SSSR count). The van der Waals surface area contributed by atoms with Gasteiger partial charge in [-0.3, -0.25) is 4.90 Å². The molecule has 24 heavy (non-hydrogen) atoms. The van der Waals surface area contributed by atoms with Gasteiger partial charge >= 0.3 is 0 Å². The van der Waals surface area contributed by atoms with E-state index in [9.17, 15) is 0 Å². The molecule has 1 aliphatic rings. The van der Waals surface area contributed by atoms with Crippen LogP contribution in [0, 0.1) is 0 Å². The van der Waals surface area contributed by atoms with E-state index in [2.05, 4.69) is 29.4 Å². The van der Waals surface area contributed by atoms with E-state index in [4.69, 9.17) is 28.6 Å². The Morgan fingerprint density at radius 3 is 2.58 bits per heavy atom. The number of nitrogens with zero attached hydrogens (tertiary/aromatic N) is 1. The first-order valence-corrected chi connectivity index (χ1v) is 9.97. The molecular weight excluding hydrogens is 362 g/mol. The quantitative estimate of drug-likeness (QED) is 0.425. The molecule has 0 aliphatic carbocycles. The van der Waals surface area contributed by atoms with Gasteiger partial charge in [0.15, 0.2) is 5.11 Å². The first kappa shape index (κ1) is 19.8. The minimum atomic E-state index is 0.0631. The summed E-state index contributed by atoms with van der Waals surface area (Å²) < 4.78 is 5.42. The summed E-state index contributed by atoms with van der Waals surface area (Å²) in [6, 6.07) is 7.90. The summed E-state index contributed by atoms with van der Waals surface area (Å²) in [6.07, 6.45) is 0. The van der Waals surface area contributed by atoms with E-state index in [0.29, 0.717) is 5.11 Å². The molecule has 7 heteroatoms. The number of ether oxygens (including phenoxy) is 1. The lowest BCUT2D eigenvalue weighted by atomic mass is 10.0. The summed E-state index contributed by atoms with van der Waals surface area (Å²) in [6.45, 7) is 9.72. The van der Waals surface area contributed by atoms with Crippen molar-refractivity contribution in [1.29, 1.82) is 0 Å². The van der Waals surface area contributed by atoms with Gasteiger partial charge < -0.3 is 15.4 Å². The van der Waals surface area contributed by atoms with Gasteiger partial charge in [-0.25, -0.2) is 0 Å². The molecule has 4 nitrogen and oxygen atoms in total. The van der Waals surface area contributed by atoms with Crippen molar-refractivity contribution in [3.63, 3.8) is 0 Å². The van der Waals surface area contributed by atoms with Crippen LogP contribution in [0.1, 0.15) is 13.8 Å². The number of benzene rings is 1. The number of hydrogen-bond donors (Lipinski definition) is 2. The molecule has 0 spiro atoms. The predicted octanol–water partition coefficient (Wildman–Crippen LogP) is 3.01. The van der Waals surface area contributed by atoms with Gasteiger partial charge in [0, 0.05) is 47.4 Å². The Bertz CT molecular complexity index is 519. The summed E-state index contributed by atoms with van der Waals surface area (Å²) in [5, 5.41) is 8.09. The van der Waals surface area contributed by atoms with Crippen LogP contribution >= 0.6 is 35.6 Å². The molecule has 1 aliphatic heterocycles. The van der Waals surface area contributed by atoms with Crippen molar-refractivity contribution in [3.8, 4) is 0 Å². The Balaban J connectivity index is 1.61. The number of nitrogens with one attached hydrogen (secondary N) is 2. The van der Waals surface area contributed by atoms with Gasteiger partial charge in [0.05, 0.1) is 13.2 Å². The van der Waals surface area contributed by atoms with Gasteiger partial charge in [-0.2, -0.15) is 0 Å². The minimum Gasteiger partial charge on any atom is -0.379 e. The number of thiocarbonyl (C=S) groups is 1. The Hall–Kier alpha value is -0.530. The Morgan fingerprint density at radius 1 is 1.25 bits per heavy atom. The minimum absolute atomic E-state index is 0.0631. The van der Waals surface area contributed by atoms with Crippen LogP contribution in [-0.4, -0.2) is 60.7 Å². The SMILES string of the molecule is CC(C)(CNC(=S)NCCSc1ccc(Cl)cc1)N1CCOCC1. The average molecular weight is 388 g/mol. The standard InChI is InChI=1S/C17H26ClN3OS2/c1-17(2,21-8-10-22-11-9-21)13-20-16(23)19-7-12-24-15-5-3-14(18)4-6-15/h3-6H,7-13H2,1-2H3,(H2,19,20,23). The summed E-state index contributed by atoms with van der Waals surface area (Å²) in [7, 11) is 0. The lowest BCUT2D eigenvalue weighted by molar-refractivity contribution is -0.00828. The highest BCUT2D eigenvalue weighted by atomic mass is 35.5. The van der Waals surface area contributed by atoms with Gasteiger partial charge in [0.2, 0.25) is 0 Å². The lowest BCUT2D eigenvalue weighted by Gasteiger charge is -2.41. The van der Waals surface area contributed by atoms with Crippen LogP contribution in [0.15, 0.2) is 29.2 Å². The highest BCUT2D eigenvalue weighted by Gasteiger charge is 2.28. The lowest BCUT2D eigenvalue weighted by Crippen LogP contribution is -2.56. The molecule has 0 unspecified atom stereocenters. The molecule has 0 saturated carbocycles. The maximum Gasteiger partial charge on any atom is 0.166 e. The number of thioether (sulfide) groups is 1. The Morgan fingerprint density at radius 2 is 1.92 bits per heavy atom. The van der Waals surface area contributed by atoms with Crippen LogP contribution in [0.5, 0.6) is 0 Å². The van der Waals surface area contributed by atoms with Crippen molar-refractivity contribution in [1.82, 2.24) is 15.5 Å². The molecule has 134 valence electrons. The summed E-state index contributed by atoms with van der Waals surface area (Å²) in [5.41, 5.74) is 0.0631. The van der Waals surface area contributed by atoms with Crippen LogP contribution in [-0.2, 0) is 4.74 Å². The van der Waals surface area contributed by atoms with Crippen molar-refractivity contribution < 1.29 is 4.74 Å². The third-order valence-corrected chi connectivity index (χ3v) is 5.57. The zero-order chi connectivity index (χ0) is 17.4. The van der Waals surface area contributed by atoms with E-state index < -0.39 is 0 Å². The molecular formula is C17H26ClN3OS2. The Labute approximate surface area is 159 Å². The average Bonchev–Trinajstić information content (AvgIpc) is 2.59. The molecule has 2 N–H and O–H groups in total. The molecule has 1 heterocycles. The van der Waals surface area contributed by atoms with Crippen LogP contribution < -0.4 is 10.6 Å². The van der Waals surface area contributed by atoms with E-state index in [1.807, 2.05) is 24.3 Å². The fourth-order valence-corrected chi connectivity index (χ4v) is 3.57. The van der Waals surface area contributed by atoms with Crippen molar-refractivity contribution >= 4 is 40.7 Å². The van der Waals surface area contributed by atoms with Gasteiger partial charge in [-0.1, -0.05) is 11.6 Å². The smallest absolute Gasteiger partial charge is 0.166 e. The first-order chi connectivity index (χ1) is 11.5. The van der Waals surface area contributed by atoms with Gasteiger partial charge in [0.1, 0.15) is 0 Å². The van der Waals surface area contributed by atoms with Gasteiger partial charge in [-0.15, -0.1) is 11.8 Å². The molecule has 1 saturated heterocycles. The van der Waals surface area contributed by atoms with Crippen molar-refractivity contribution in [2.24, 2.45) is 0 Å². The van der Waals surface area contributed by atoms with E-state index in [1.165, 1.54) is 4.90 Å². The number of morpholine rings is 1. The highest BCUT2D eigenvalue weighted by Crippen LogP contribution is 2.19. The Kier molecular flexibility index (Phi) is 8.10. The highest BCUT2D eigenvalue weighted by molar-refractivity contribution is 7.99. The second-order valence-corrected chi connectivity index (χ2v) is 8.34. The zero-order valence-electron chi connectivity index (χ0n) is 14.3. The van der Waals surface area contributed by atoms with Gasteiger partial charge in [0.25, 0.3) is 0 Å². The summed E-state index contributed by atoms with van der Waals surface area (Å²) in [4.78, 5) is 3.66. The third kappa shape index (κ3) is 6.76. The molecule has 0 atom stereocenters. The number of rotatable bonds is 7. The molecule has 0 amide bonds. The first-order valence-electron chi connectivity index (χ1n) is 8.20. The monoisotopic (exact) mass is 387 g/mol. The fraction of sp³-hybridized carbons (Fsp3) is 0.588. The normalized spacial score (nSPS) is 16.0. The number of hydrogen-bond acceptors (Lipinski definition) is 4. The van der Waals surface area contributed by atoms with Crippen LogP contribution in [0.3, 0.4) is 0 Å². The van der Waals surface area contributed by atoms with Crippen molar-refractivity contribution in [2.45, 2.75) is 24.3 Å². The van der Waals surface area contributed by atoms with Crippen molar-refractivity contribution in [3.05, 3.63) is 29.3 Å². The topological polar surface area (TPSA) is 36.5 Å². The van der Waals surface area contributed by atoms with Crippen LogP contribution in [0.25, 0.3) is 0 Å². The summed E-state index contributed by atoms with van der Waals surface area (Å²) in [5.74, 6) is 0.955. The van der Waals surface area contributed by atoms with E-state index in [0.717, 1.165) is 50.2 Å². The van der Waals surface area contributed by atoms with Crippen LogP contribution in [0.4, 0.5) is 0 Å². The molecule has 1 aromatic carbocycles. The second-order valence-electron chi connectivity index (χ2n) is 6.32. The van der Waals surface area contributed by atoms with E-state index in [1.54, 1.807) is 11.8 Å². The molecule has 0 radical (unpaired) electrons. The molecule has 0 bridgehead atoms. The maximum atomic E-state index is 5.88. The molecule has 0 aromatic heterocycles. The van der Waals surface area contributed by atoms with E-state index in [-0.39, 0.29) is 5.54 Å². The largest absolute Gasteiger partial charge is 0.379 e. The predicted molar refractivity (Wildman–Crippen MR) is 107 cm³/mol.